The molecule has 146 valence electrons. The van der Waals surface area contributed by atoms with Gasteiger partial charge in [-0.2, -0.15) is 0 Å². The minimum Gasteiger partial charge on any atom is -0.372 e. The van der Waals surface area contributed by atoms with E-state index in [9.17, 15) is 9.59 Å². The second-order valence-electron chi connectivity index (χ2n) is 6.28. The molecule has 1 fully saturated rings. The zero-order chi connectivity index (χ0) is 20.3. The average molecular weight is 435 g/mol. The SMILES string of the molecule is CCN(CC)c1ccc(/C=C2/SC(=O)N(Cc3ccc(Cl)c(Cl)c3)C2=O)cc1. The van der Waals surface area contributed by atoms with Gasteiger partial charge < -0.3 is 4.90 Å². The number of anilines is 1. The van der Waals surface area contributed by atoms with E-state index in [2.05, 4.69) is 18.7 Å². The van der Waals surface area contributed by atoms with Gasteiger partial charge >= 0.3 is 0 Å². The zero-order valence-corrected chi connectivity index (χ0v) is 17.9. The van der Waals surface area contributed by atoms with Crippen LogP contribution in [0, 0.1) is 0 Å². The van der Waals surface area contributed by atoms with Crippen molar-refractivity contribution in [2.24, 2.45) is 0 Å². The van der Waals surface area contributed by atoms with Crippen molar-refractivity contribution < 1.29 is 9.59 Å². The monoisotopic (exact) mass is 434 g/mol. The first-order valence-corrected chi connectivity index (χ1v) is 10.5. The van der Waals surface area contributed by atoms with Gasteiger partial charge in [-0.15, -0.1) is 0 Å². The second kappa shape index (κ2) is 9.03. The number of hydrogen-bond donors (Lipinski definition) is 0. The molecule has 1 aliphatic heterocycles. The zero-order valence-electron chi connectivity index (χ0n) is 15.6. The molecule has 0 saturated carbocycles. The molecule has 1 aliphatic rings. The third kappa shape index (κ3) is 4.54. The van der Waals surface area contributed by atoms with Gasteiger partial charge in [0.15, 0.2) is 0 Å². The Morgan fingerprint density at radius 2 is 1.68 bits per heavy atom. The van der Waals surface area contributed by atoms with Gasteiger partial charge in [-0.3, -0.25) is 14.5 Å². The van der Waals surface area contributed by atoms with Crippen LogP contribution >= 0.6 is 35.0 Å². The fourth-order valence-corrected chi connectivity index (χ4v) is 4.14. The Morgan fingerprint density at radius 1 is 1.00 bits per heavy atom. The molecular formula is C21H20Cl2N2O2S. The van der Waals surface area contributed by atoms with Crippen molar-refractivity contribution >= 4 is 57.9 Å². The molecule has 0 radical (unpaired) electrons. The highest BCUT2D eigenvalue weighted by atomic mass is 35.5. The first-order chi connectivity index (χ1) is 13.4. The molecule has 0 unspecified atom stereocenters. The van der Waals surface area contributed by atoms with Crippen LogP contribution in [-0.2, 0) is 11.3 Å². The van der Waals surface area contributed by atoms with E-state index in [0.29, 0.717) is 15.0 Å². The van der Waals surface area contributed by atoms with E-state index in [1.54, 1.807) is 24.3 Å². The van der Waals surface area contributed by atoms with Crippen LogP contribution in [0.25, 0.3) is 6.08 Å². The van der Waals surface area contributed by atoms with Crippen LogP contribution in [0.3, 0.4) is 0 Å². The highest BCUT2D eigenvalue weighted by Gasteiger charge is 2.35. The molecule has 28 heavy (non-hydrogen) atoms. The molecule has 7 heteroatoms. The number of halogens is 2. The first kappa shape index (κ1) is 20.8. The Kier molecular flexibility index (Phi) is 6.70. The number of hydrogen-bond acceptors (Lipinski definition) is 4. The molecule has 3 rings (SSSR count). The summed E-state index contributed by atoms with van der Waals surface area (Å²) in [6.07, 6.45) is 1.76. The van der Waals surface area contributed by atoms with Gasteiger partial charge in [0.1, 0.15) is 0 Å². The summed E-state index contributed by atoms with van der Waals surface area (Å²) in [6.45, 7) is 6.26. The van der Waals surface area contributed by atoms with E-state index in [-0.39, 0.29) is 17.7 Å². The maximum Gasteiger partial charge on any atom is 0.293 e. The normalized spacial score (nSPS) is 15.6. The number of amides is 2. The predicted octanol–water partition coefficient (Wildman–Crippen LogP) is 6.08. The van der Waals surface area contributed by atoms with Crippen molar-refractivity contribution in [1.29, 1.82) is 0 Å². The molecular weight excluding hydrogens is 415 g/mol. The van der Waals surface area contributed by atoms with Gasteiger partial charge in [-0.1, -0.05) is 41.4 Å². The van der Waals surface area contributed by atoms with Gasteiger partial charge in [-0.05, 0) is 67.1 Å². The summed E-state index contributed by atoms with van der Waals surface area (Å²) >= 11 is 12.9. The number of thioether (sulfide) groups is 1. The highest BCUT2D eigenvalue weighted by Crippen LogP contribution is 2.34. The van der Waals surface area contributed by atoms with Gasteiger partial charge in [0, 0.05) is 18.8 Å². The lowest BCUT2D eigenvalue weighted by Gasteiger charge is -2.20. The van der Waals surface area contributed by atoms with Gasteiger partial charge in [-0.25, -0.2) is 0 Å². The molecule has 0 aromatic heterocycles. The smallest absolute Gasteiger partial charge is 0.293 e. The van der Waals surface area contributed by atoms with Gasteiger partial charge in [0.25, 0.3) is 11.1 Å². The summed E-state index contributed by atoms with van der Waals surface area (Å²) in [6, 6.07) is 13.1. The van der Waals surface area contributed by atoms with E-state index in [4.69, 9.17) is 23.2 Å². The minimum atomic E-state index is -0.297. The average Bonchev–Trinajstić information content (AvgIpc) is 2.94. The third-order valence-electron chi connectivity index (χ3n) is 4.52. The van der Waals surface area contributed by atoms with E-state index in [1.807, 2.05) is 24.3 Å². The topological polar surface area (TPSA) is 40.6 Å². The van der Waals surface area contributed by atoms with E-state index < -0.39 is 0 Å². The number of imide groups is 1. The Bertz CT molecular complexity index is 925. The fraction of sp³-hybridized carbons (Fsp3) is 0.238. The summed E-state index contributed by atoms with van der Waals surface area (Å²) in [5, 5.41) is 0.546. The van der Waals surface area contributed by atoms with Gasteiger partial charge in [0.2, 0.25) is 0 Å². The predicted molar refractivity (Wildman–Crippen MR) is 118 cm³/mol. The quantitative estimate of drug-likeness (QED) is 0.516. The Labute approximate surface area is 179 Å². The number of carbonyl (C=O) groups excluding carboxylic acids is 2. The lowest BCUT2D eigenvalue weighted by atomic mass is 10.1. The largest absolute Gasteiger partial charge is 0.372 e. The molecule has 2 aromatic carbocycles. The lowest BCUT2D eigenvalue weighted by molar-refractivity contribution is -0.123. The molecule has 2 amide bonds. The number of carbonyl (C=O) groups is 2. The summed E-state index contributed by atoms with van der Waals surface area (Å²) in [5.41, 5.74) is 2.77. The molecule has 0 bridgehead atoms. The second-order valence-corrected chi connectivity index (χ2v) is 8.09. The van der Waals surface area contributed by atoms with Gasteiger partial charge in [0.05, 0.1) is 21.5 Å². The van der Waals surface area contributed by atoms with Crippen molar-refractivity contribution in [2.75, 3.05) is 18.0 Å². The molecule has 1 heterocycles. The van der Waals surface area contributed by atoms with Crippen LogP contribution in [0.5, 0.6) is 0 Å². The lowest BCUT2D eigenvalue weighted by Crippen LogP contribution is -2.27. The van der Waals surface area contributed by atoms with Crippen molar-refractivity contribution in [3.8, 4) is 0 Å². The molecule has 0 atom stereocenters. The fourth-order valence-electron chi connectivity index (χ4n) is 2.98. The number of nitrogens with zero attached hydrogens (tertiary/aromatic N) is 2. The summed E-state index contributed by atoms with van der Waals surface area (Å²) in [4.78, 5) is 28.9. The number of benzene rings is 2. The highest BCUT2D eigenvalue weighted by molar-refractivity contribution is 8.18. The van der Waals surface area contributed by atoms with Crippen LogP contribution in [0.2, 0.25) is 10.0 Å². The van der Waals surface area contributed by atoms with Crippen LogP contribution in [0.15, 0.2) is 47.4 Å². The third-order valence-corrected chi connectivity index (χ3v) is 6.16. The van der Waals surface area contributed by atoms with Crippen LogP contribution in [0.4, 0.5) is 10.5 Å². The Morgan fingerprint density at radius 3 is 2.29 bits per heavy atom. The van der Waals surface area contributed by atoms with Crippen molar-refractivity contribution in [1.82, 2.24) is 4.90 Å². The molecule has 1 saturated heterocycles. The first-order valence-electron chi connectivity index (χ1n) is 8.97. The summed E-state index contributed by atoms with van der Waals surface area (Å²) in [7, 11) is 0. The molecule has 0 spiro atoms. The van der Waals surface area contributed by atoms with Crippen LogP contribution in [0.1, 0.15) is 25.0 Å². The van der Waals surface area contributed by atoms with Crippen LogP contribution in [-0.4, -0.2) is 29.1 Å². The minimum absolute atomic E-state index is 0.166. The van der Waals surface area contributed by atoms with Crippen molar-refractivity contribution in [2.45, 2.75) is 20.4 Å². The molecule has 4 nitrogen and oxygen atoms in total. The van der Waals surface area contributed by atoms with Crippen molar-refractivity contribution in [3.63, 3.8) is 0 Å². The van der Waals surface area contributed by atoms with Crippen molar-refractivity contribution in [3.05, 3.63) is 68.5 Å². The number of rotatable bonds is 6. The maximum absolute atomic E-state index is 12.7. The van der Waals surface area contributed by atoms with E-state index in [1.165, 1.54) is 4.90 Å². The Balaban J connectivity index is 1.76. The summed E-state index contributed by atoms with van der Waals surface area (Å²) in [5.74, 6) is -0.297. The molecule has 0 N–H and O–H groups in total. The van der Waals surface area contributed by atoms with Crippen LogP contribution < -0.4 is 4.90 Å². The molecule has 2 aromatic rings. The van der Waals surface area contributed by atoms with E-state index >= 15 is 0 Å². The standard InChI is InChI=1S/C21H20Cl2N2O2S/c1-3-24(4-2)16-8-5-14(6-9-16)12-19-20(26)25(21(27)28-19)13-15-7-10-17(22)18(23)11-15/h5-12H,3-4,13H2,1-2H3/b19-12+. The Hall–Kier alpha value is -1.95. The summed E-state index contributed by atoms with van der Waals surface area (Å²) < 4.78 is 0. The molecule has 0 aliphatic carbocycles. The van der Waals surface area contributed by atoms with E-state index in [0.717, 1.165) is 41.7 Å². The maximum atomic E-state index is 12.7.